The molecule has 0 radical (unpaired) electrons. The molecule has 0 N–H and O–H groups in total. The highest BCUT2D eigenvalue weighted by Crippen LogP contribution is 2.22. The minimum Gasteiger partial charge on any atom is -0.472 e. The first-order valence-electron chi connectivity index (χ1n) is 4.66. The van der Waals surface area contributed by atoms with Crippen molar-refractivity contribution < 1.29 is 9.21 Å². The van der Waals surface area contributed by atoms with Gasteiger partial charge in [-0.05, 0) is 29.8 Å². The Hall–Kier alpha value is -1.25. The maximum atomic E-state index is 11.8. The first-order chi connectivity index (χ1) is 7.66. The third-order valence-corrected chi connectivity index (χ3v) is 2.81. The molecule has 0 spiro atoms. The van der Waals surface area contributed by atoms with Crippen molar-refractivity contribution in [3.8, 4) is 0 Å². The summed E-state index contributed by atoms with van der Waals surface area (Å²) in [7, 11) is 0. The number of hydrogen-bond donors (Lipinski definition) is 0. The van der Waals surface area contributed by atoms with Crippen LogP contribution in [0.3, 0.4) is 0 Å². The SMILES string of the molecule is O=C(Cc1cc(Cl)ccc1Cl)c1ccoc1. The van der Waals surface area contributed by atoms with Crippen molar-refractivity contribution in [2.75, 3.05) is 0 Å². The van der Waals surface area contributed by atoms with Crippen LogP contribution in [-0.2, 0) is 6.42 Å². The lowest BCUT2D eigenvalue weighted by Gasteiger charge is -2.02. The highest BCUT2D eigenvalue weighted by atomic mass is 35.5. The van der Waals surface area contributed by atoms with Gasteiger partial charge < -0.3 is 4.42 Å². The smallest absolute Gasteiger partial charge is 0.170 e. The standard InChI is InChI=1S/C12H8Cl2O2/c13-10-1-2-11(14)9(5-10)6-12(15)8-3-4-16-7-8/h1-5,7H,6H2. The maximum Gasteiger partial charge on any atom is 0.170 e. The van der Waals surface area contributed by atoms with Gasteiger partial charge in [0, 0.05) is 16.5 Å². The van der Waals surface area contributed by atoms with Crippen molar-refractivity contribution in [3.63, 3.8) is 0 Å². The van der Waals surface area contributed by atoms with E-state index in [9.17, 15) is 4.79 Å². The van der Waals surface area contributed by atoms with Crippen LogP contribution in [0.15, 0.2) is 41.2 Å². The van der Waals surface area contributed by atoms with Crippen molar-refractivity contribution >= 4 is 29.0 Å². The second kappa shape index (κ2) is 4.73. The summed E-state index contributed by atoms with van der Waals surface area (Å²) in [5.41, 5.74) is 1.26. The summed E-state index contributed by atoms with van der Waals surface area (Å²) < 4.78 is 4.85. The van der Waals surface area contributed by atoms with Crippen molar-refractivity contribution in [1.82, 2.24) is 0 Å². The number of furan rings is 1. The monoisotopic (exact) mass is 254 g/mol. The highest BCUT2D eigenvalue weighted by molar-refractivity contribution is 6.33. The van der Waals surface area contributed by atoms with Crippen LogP contribution in [-0.4, -0.2) is 5.78 Å². The molecule has 1 aromatic carbocycles. The molecule has 0 fully saturated rings. The van der Waals surface area contributed by atoms with Crippen molar-refractivity contribution in [1.29, 1.82) is 0 Å². The zero-order valence-corrected chi connectivity index (χ0v) is 9.76. The van der Waals surface area contributed by atoms with Crippen LogP contribution in [0.25, 0.3) is 0 Å². The zero-order chi connectivity index (χ0) is 11.5. The number of rotatable bonds is 3. The molecule has 4 heteroatoms. The van der Waals surface area contributed by atoms with E-state index in [0.717, 1.165) is 5.56 Å². The van der Waals surface area contributed by atoms with Crippen LogP contribution in [0.5, 0.6) is 0 Å². The number of carbonyl (C=O) groups excluding carboxylic acids is 1. The molecule has 0 saturated carbocycles. The molecule has 0 saturated heterocycles. The fourth-order valence-electron chi connectivity index (χ4n) is 1.38. The van der Waals surface area contributed by atoms with E-state index in [2.05, 4.69) is 0 Å². The van der Waals surface area contributed by atoms with Crippen LogP contribution >= 0.6 is 23.2 Å². The molecule has 0 aliphatic rings. The normalized spacial score (nSPS) is 10.4. The zero-order valence-electron chi connectivity index (χ0n) is 8.24. The average molecular weight is 255 g/mol. The number of halogens is 2. The Morgan fingerprint density at radius 1 is 1.25 bits per heavy atom. The van der Waals surface area contributed by atoms with E-state index in [1.807, 2.05) is 0 Å². The summed E-state index contributed by atoms with van der Waals surface area (Å²) >= 11 is 11.8. The summed E-state index contributed by atoms with van der Waals surface area (Å²) in [6.07, 6.45) is 3.10. The van der Waals surface area contributed by atoms with E-state index in [0.29, 0.717) is 15.6 Å². The highest BCUT2D eigenvalue weighted by Gasteiger charge is 2.10. The summed E-state index contributed by atoms with van der Waals surface area (Å²) in [5.74, 6) is -0.0436. The Morgan fingerprint density at radius 2 is 2.06 bits per heavy atom. The average Bonchev–Trinajstić information content (AvgIpc) is 2.76. The van der Waals surface area contributed by atoms with Gasteiger partial charge in [-0.15, -0.1) is 0 Å². The van der Waals surface area contributed by atoms with Crippen LogP contribution in [0.1, 0.15) is 15.9 Å². The Labute approximate surface area is 103 Å². The summed E-state index contributed by atoms with van der Waals surface area (Å²) in [6.45, 7) is 0. The van der Waals surface area contributed by atoms with Crippen LogP contribution in [0.2, 0.25) is 10.0 Å². The molecule has 0 atom stereocenters. The van der Waals surface area contributed by atoms with E-state index < -0.39 is 0 Å². The second-order valence-corrected chi connectivity index (χ2v) is 4.19. The molecule has 16 heavy (non-hydrogen) atoms. The lowest BCUT2D eigenvalue weighted by atomic mass is 10.1. The molecular weight excluding hydrogens is 247 g/mol. The van der Waals surface area contributed by atoms with Crippen molar-refractivity contribution in [2.24, 2.45) is 0 Å². The van der Waals surface area contributed by atoms with Gasteiger partial charge in [-0.25, -0.2) is 0 Å². The fourth-order valence-corrected chi connectivity index (χ4v) is 1.76. The third kappa shape index (κ3) is 2.46. The molecule has 0 aliphatic carbocycles. The molecule has 0 bridgehead atoms. The van der Waals surface area contributed by atoms with E-state index >= 15 is 0 Å². The Bertz CT molecular complexity index is 504. The van der Waals surface area contributed by atoms with Gasteiger partial charge >= 0.3 is 0 Å². The summed E-state index contributed by atoms with van der Waals surface area (Å²) in [6, 6.07) is 6.69. The van der Waals surface area contributed by atoms with E-state index in [1.165, 1.54) is 12.5 Å². The fraction of sp³-hybridized carbons (Fsp3) is 0.0833. The van der Waals surface area contributed by atoms with Gasteiger partial charge in [-0.2, -0.15) is 0 Å². The van der Waals surface area contributed by atoms with Crippen LogP contribution in [0.4, 0.5) is 0 Å². The molecule has 1 aromatic heterocycles. The molecule has 2 nitrogen and oxygen atoms in total. The quantitative estimate of drug-likeness (QED) is 0.775. The van der Waals surface area contributed by atoms with Gasteiger partial charge in [0.05, 0.1) is 11.8 Å². The number of carbonyl (C=O) groups is 1. The van der Waals surface area contributed by atoms with Gasteiger partial charge in [-0.1, -0.05) is 23.2 Å². The number of Topliss-reactive ketones (excluding diaryl/α,β-unsaturated/α-hetero) is 1. The first-order valence-corrected chi connectivity index (χ1v) is 5.42. The van der Waals surface area contributed by atoms with Crippen LogP contribution in [0, 0.1) is 0 Å². The van der Waals surface area contributed by atoms with Crippen molar-refractivity contribution in [3.05, 3.63) is 58.0 Å². The number of hydrogen-bond acceptors (Lipinski definition) is 2. The number of benzene rings is 1. The van der Waals surface area contributed by atoms with Gasteiger partial charge in [0.2, 0.25) is 0 Å². The molecule has 0 amide bonds. The minimum atomic E-state index is -0.0436. The Morgan fingerprint density at radius 3 is 2.75 bits per heavy atom. The molecule has 0 aliphatic heterocycles. The second-order valence-electron chi connectivity index (χ2n) is 3.35. The topological polar surface area (TPSA) is 30.2 Å². The van der Waals surface area contributed by atoms with E-state index in [-0.39, 0.29) is 12.2 Å². The predicted octanol–water partition coefficient (Wildman–Crippen LogP) is 4.01. The van der Waals surface area contributed by atoms with Gasteiger partial charge in [0.1, 0.15) is 6.26 Å². The Balaban J connectivity index is 2.21. The third-order valence-electron chi connectivity index (χ3n) is 2.20. The van der Waals surface area contributed by atoms with Gasteiger partial charge in [0.15, 0.2) is 5.78 Å². The largest absolute Gasteiger partial charge is 0.472 e. The first kappa shape index (κ1) is 11.2. The molecule has 2 rings (SSSR count). The maximum absolute atomic E-state index is 11.8. The molecule has 0 unspecified atom stereocenters. The molecular formula is C12H8Cl2O2. The summed E-state index contributed by atoms with van der Waals surface area (Å²) in [5, 5.41) is 1.11. The molecule has 82 valence electrons. The Kier molecular flexibility index (Phi) is 3.32. The lowest BCUT2D eigenvalue weighted by Crippen LogP contribution is -2.02. The minimum absolute atomic E-state index is 0.0436. The van der Waals surface area contributed by atoms with Gasteiger partial charge in [-0.3, -0.25) is 4.79 Å². The lowest BCUT2D eigenvalue weighted by molar-refractivity contribution is 0.0992. The number of ketones is 1. The van der Waals surface area contributed by atoms with E-state index in [4.69, 9.17) is 27.6 Å². The predicted molar refractivity (Wildman–Crippen MR) is 63.2 cm³/mol. The molecule has 1 heterocycles. The van der Waals surface area contributed by atoms with Crippen LogP contribution < -0.4 is 0 Å². The van der Waals surface area contributed by atoms with Crippen molar-refractivity contribution in [2.45, 2.75) is 6.42 Å². The van der Waals surface area contributed by atoms with Gasteiger partial charge in [0.25, 0.3) is 0 Å². The van der Waals surface area contributed by atoms with E-state index in [1.54, 1.807) is 24.3 Å². The molecule has 2 aromatic rings. The summed E-state index contributed by atoms with van der Waals surface area (Å²) in [4.78, 5) is 11.8.